The summed E-state index contributed by atoms with van der Waals surface area (Å²) in [6.07, 6.45) is 1.56. The highest BCUT2D eigenvalue weighted by molar-refractivity contribution is 5.85. The van der Waals surface area contributed by atoms with E-state index in [4.69, 9.17) is 10.5 Å². The third-order valence-corrected chi connectivity index (χ3v) is 3.91. The van der Waals surface area contributed by atoms with Crippen molar-refractivity contribution in [2.45, 2.75) is 45.4 Å². The Bertz CT molecular complexity index is 643. The van der Waals surface area contributed by atoms with Gasteiger partial charge in [0.2, 0.25) is 5.91 Å². The second-order valence-corrected chi connectivity index (χ2v) is 6.27. The van der Waals surface area contributed by atoms with Crippen molar-refractivity contribution in [1.82, 2.24) is 5.32 Å². The minimum Gasteiger partial charge on any atom is -0.489 e. The molecule has 25 heavy (non-hydrogen) atoms. The number of amides is 1. The fraction of sp³-hybridized carbons (Fsp3) is 0.350. The summed E-state index contributed by atoms with van der Waals surface area (Å²) in [5.41, 5.74) is 7.35. The minimum atomic E-state index is -0.807. The quantitative estimate of drug-likeness (QED) is 0.750. The van der Waals surface area contributed by atoms with Crippen molar-refractivity contribution < 1.29 is 9.53 Å². The number of carbonyl (C=O) groups excluding carboxylic acids is 1. The summed E-state index contributed by atoms with van der Waals surface area (Å²) in [7, 11) is 0. The van der Waals surface area contributed by atoms with Crippen LogP contribution in [0.3, 0.4) is 0 Å². The van der Waals surface area contributed by atoms with Crippen molar-refractivity contribution in [3.05, 3.63) is 65.7 Å². The molecule has 2 aromatic rings. The molecule has 0 spiro atoms. The van der Waals surface area contributed by atoms with Gasteiger partial charge in [0.1, 0.15) is 12.4 Å². The summed E-state index contributed by atoms with van der Waals surface area (Å²) in [5.74, 6) is 0.743. The molecule has 1 unspecified atom stereocenters. The van der Waals surface area contributed by atoms with Gasteiger partial charge in [-0.15, -0.1) is 12.4 Å². The van der Waals surface area contributed by atoms with Gasteiger partial charge in [-0.3, -0.25) is 4.79 Å². The maximum Gasteiger partial charge on any atom is 0.240 e. The van der Waals surface area contributed by atoms with Crippen molar-refractivity contribution in [3.63, 3.8) is 0 Å². The number of hydrogen-bond acceptors (Lipinski definition) is 3. The molecule has 3 N–H and O–H groups in total. The van der Waals surface area contributed by atoms with Crippen LogP contribution < -0.4 is 15.8 Å². The van der Waals surface area contributed by atoms with E-state index in [2.05, 4.69) is 5.32 Å². The number of benzene rings is 2. The van der Waals surface area contributed by atoms with Crippen molar-refractivity contribution in [2.24, 2.45) is 5.73 Å². The highest BCUT2D eigenvalue weighted by Gasteiger charge is 2.26. The van der Waals surface area contributed by atoms with E-state index in [-0.39, 0.29) is 18.3 Å². The molecular formula is C20H27ClN2O2. The second-order valence-electron chi connectivity index (χ2n) is 6.27. The number of carbonyl (C=O) groups is 1. The van der Waals surface area contributed by atoms with E-state index in [1.165, 1.54) is 0 Å². The fourth-order valence-corrected chi connectivity index (χ4v) is 2.45. The maximum atomic E-state index is 12.1. The molecule has 136 valence electrons. The monoisotopic (exact) mass is 362 g/mol. The van der Waals surface area contributed by atoms with Gasteiger partial charge in [-0.1, -0.05) is 55.8 Å². The zero-order valence-corrected chi connectivity index (χ0v) is 15.6. The van der Waals surface area contributed by atoms with Crippen LogP contribution in [0, 0.1) is 0 Å². The Morgan fingerprint density at radius 1 is 1.08 bits per heavy atom. The molecule has 0 fully saturated rings. The van der Waals surface area contributed by atoms with Crippen LogP contribution in [0.2, 0.25) is 0 Å². The summed E-state index contributed by atoms with van der Waals surface area (Å²) < 4.78 is 5.72. The van der Waals surface area contributed by atoms with Crippen LogP contribution in [0.15, 0.2) is 54.6 Å². The van der Waals surface area contributed by atoms with Crippen LogP contribution in [0.25, 0.3) is 0 Å². The number of para-hydroxylation sites is 1. The predicted molar refractivity (Wildman–Crippen MR) is 104 cm³/mol. The minimum absolute atomic E-state index is 0. The van der Waals surface area contributed by atoms with Gasteiger partial charge >= 0.3 is 0 Å². The van der Waals surface area contributed by atoms with Crippen LogP contribution in [-0.2, 0) is 17.9 Å². The van der Waals surface area contributed by atoms with Crippen LogP contribution >= 0.6 is 12.4 Å². The molecule has 0 aliphatic carbocycles. The zero-order valence-electron chi connectivity index (χ0n) is 14.8. The lowest BCUT2D eigenvalue weighted by Crippen LogP contribution is -2.51. The first kappa shape index (κ1) is 21.0. The third kappa shape index (κ3) is 6.77. The Hall–Kier alpha value is -2.04. The van der Waals surface area contributed by atoms with E-state index in [1.807, 2.05) is 61.5 Å². The highest BCUT2D eigenvalue weighted by atomic mass is 35.5. The first-order chi connectivity index (χ1) is 11.5. The molecule has 0 saturated heterocycles. The van der Waals surface area contributed by atoms with Gasteiger partial charge in [0.25, 0.3) is 0 Å². The molecule has 0 bridgehead atoms. The smallest absolute Gasteiger partial charge is 0.240 e. The third-order valence-electron chi connectivity index (χ3n) is 3.91. The molecule has 4 nitrogen and oxygen atoms in total. The van der Waals surface area contributed by atoms with Gasteiger partial charge in [-0.25, -0.2) is 0 Å². The molecular weight excluding hydrogens is 336 g/mol. The van der Waals surface area contributed by atoms with E-state index in [0.29, 0.717) is 19.6 Å². The van der Waals surface area contributed by atoms with E-state index < -0.39 is 5.54 Å². The van der Waals surface area contributed by atoms with E-state index in [1.54, 1.807) is 6.92 Å². The standard InChI is InChI=1S/C20H26N2O2.ClH/c1-3-13-20(2,21)19(23)22-14-16-9-11-17(12-10-16)15-24-18-7-5-4-6-8-18;/h4-12H,3,13-15,21H2,1-2H3,(H,22,23);1H. The molecule has 0 aromatic heterocycles. The van der Waals surface area contributed by atoms with Crippen molar-refractivity contribution in [2.75, 3.05) is 0 Å². The molecule has 2 aromatic carbocycles. The molecule has 2 rings (SSSR count). The number of halogens is 1. The lowest BCUT2D eigenvalue weighted by Gasteiger charge is -2.22. The lowest BCUT2D eigenvalue weighted by atomic mass is 9.96. The first-order valence-electron chi connectivity index (χ1n) is 8.34. The Morgan fingerprint density at radius 2 is 1.68 bits per heavy atom. The van der Waals surface area contributed by atoms with E-state index >= 15 is 0 Å². The van der Waals surface area contributed by atoms with Crippen molar-refractivity contribution in [1.29, 1.82) is 0 Å². The van der Waals surface area contributed by atoms with Gasteiger partial charge in [0, 0.05) is 6.54 Å². The average molecular weight is 363 g/mol. The fourth-order valence-electron chi connectivity index (χ4n) is 2.45. The molecule has 0 heterocycles. The van der Waals surface area contributed by atoms with Crippen LogP contribution in [0.5, 0.6) is 5.75 Å². The first-order valence-corrected chi connectivity index (χ1v) is 8.34. The molecule has 1 amide bonds. The number of nitrogens with one attached hydrogen (secondary N) is 1. The van der Waals surface area contributed by atoms with Crippen LogP contribution in [0.1, 0.15) is 37.8 Å². The summed E-state index contributed by atoms with van der Waals surface area (Å²) in [4.78, 5) is 12.1. The Labute approximate surface area is 156 Å². The van der Waals surface area contributed by atoms with E-state index in [9.17, 15) is 4.79 Å². The van der Waals surface area contributed by atoms with Crippen molar-refractivity contribution in [3.8, 4) is 5.75 Å². The summed E-state index contributed by atoms with van der Waals surface area (Å²) in [5, 5.41) is 2.91. The molecule has 1 atom stereocenters. The molecule has 0 radical (unpaired) electrons. The number of rotatable bonds is 8. The number of hydrogen-bond donors (Lipinski definition) is 2. The topological polar surface area (TPSA) is 64.4 Å². The number of ether oxygens (including phenoxy) is 1. The second kappa shape index (κ2) is 10.1. The highest BCUT2D eigenvalue weighted by Crippen LogP contribution is 2.13. The van der Waals surface area contributed by atoms with Gasteiger partial charge in [0.15, 0.2) is 0 Å². The van der Waals surface area contributed by atoms with Gasteiger partial charge in [-0.2, -0.15) is 0 Å². The Balaban J connectivity index is 0.00000312. The maximum absolute atomic E-state index is 12.1. The van der Waals surface area contributed by atoms with E-state index in [0.717, 1.165) is 23.3 Å². The largest absolute Gasteiger partial charge is 0.489 e. The van der Waals surface area contributed by atoms with Gasteiger partial charge in [-0.05, 0) is 36.6 Å². The van der Waals surface area contributed by atoms with Gasteiger partial charge < -0.3 is 15.8 Å². The Morgan fingerprint density at radius 3 is 2.28 bits per heavy atom. The average Bonchev–Trinajstić information content (AvgIpc) is 2.59. The van der Waals surface area contributed by atoms with Crippen molar-refractivity contribution >= 4 is 18.3 Å². The molecule has 0 saturated carbocycles. The summed E-state index contributed by atoms with van der Waals surface area (Å²) in [6, 6.07) is 17.7. The van der Waals surface area contributed by atoms with Crippen LogP contribution in [-0.4, -0.2) is 11.4 Å². The number of nitrogens with two attached hydrogens (primary N) is 1. The summed E-state index contributed by atoms with van der Waals surface area (Å²) >= 11 is 0. The lowest BCUT2D eigenvalue weighted by molar-refractivity contribution is -0.126. The Kier molecular flexibility index (Phi) is 8.46. The predicted octanol–water partition coefficient (Wildman–Crippen LogP) is 3.82. The molecule has 0 aliphatic heterocycles. The normalized spacial score (nSPS) is 12.6. The van der Waals surface area contributed by atoms with Crippen LogP contribution in [0.4, 0.5) is 0 Å². The molecule has 0 aliphatic rings. The molecule has 5 heteroatoms. The summed E-state index contributed by atoms with van der Waals surface area (Å²) in [6.45, 7) is 4.80. The zero-order chi connectivity index (χ0) is 17.4. The van der Waals surface area contributed by atoms with Gasteiger partial charge in [0.05, 0.1) is 5.54 Å². The SMILES string of the molecule is CCCC(C)(N)C(=O)NCc1ccc(COc2ccccc2)cc1.Cl.